The van der Waals surface area contributed by atoms with Gasteiger partial charge in [-0.3, -0.25) is 9.78 Å². The van der Waals surface area contributed by atoms with Crippen LogP contribution in [0.5, 0.6) is 0 Å². The van der Waals surface area contributed by atoms with Gasteiger partial charge in [0.05, 0.1) is 0 Å². The zero-order valence-electron chi connectivity index (χ0n) is 8.86. The van der Waals surface area contributed by atoms with Gasteiger partial charge in [0.15, 0.2) is 5.78 Å². The third-order valence-electron chi connectivity index (χ3n) is 2.31. The molecule has 0 saturated heterocycles. The summed E-state index contributed by atoms with van der Waals surface area (Å²) in [4.78, 5) is 15.6. The molecule has 0 aliphatic heterocycles. The molecule has 0 saturated carbocycles. The lowest BCUT2D eigenvalue weighted by molar-refractivity contribution is 0.0987. The van der Waals surface area contributed by atoms with E-state index in [9.17, 15) is 13.6 Å². The fraction of sp³-hybridized carbons (Fsp3) is 0.0769. The van der Waals surface area contributed by atoms with Crippen LogP contribution in [0.4, 0.5) is 8.78 Å². The molecule has 0 amide bonds. The maximum absolute atomic E-state index is 13.3. The second-order valence-electron chi connectivity index (χ2n) is 3.55. The lowest BCUT2D eigenvalue weighted by atomic mass is 10.1. The Kier molecular flexibility index (Phi) is 3.23. The van der Waals surface area contributed by atoms with E-state index in [4.69, 9.17) is 0 Å². The van der Waals surface area contributed by atoms with Crippen LogP contribution in [-0.4, -0.2) is 10.8 Å². The van der Waals surface area contributed by atoms with Crippen LogP contribution in [0.3, 0.4) is 0 Å². The van der Waals surface area contributed by atoms with Crippen LogP contribution in [0.2, 0.25) is 0 Å². The van der Waals surface area contributed by atoms with Gasteiger partial charge < -0.3 is 0 Å². The predicted octanol–water partition coefficient (Wildman–Crippen LogP) is 2.79. The quantitative estimate of drug-likeness (QED) is 0.763. The Morgan fingerprint density at radius 3 is 2.71 bits per heavy atom. The van der Waals surface area contributed by atoms with E-state index in [0.717, 1.165) is 18.2 Å². The lowest BCUT2D eigenvalue weighted by Crippen LogP contribution is -2.07. The Bertz CT molecular complexity index is 540. The van der Waals surface area contributed by atoms with Crippen molar-refractivity contribution >= 4 is 5.78 Å². The summed E-state index contributed by atoms with van der Waals surface area (Å²) in [6.07, 6.45) is 1.29. The van der Waals surface area contributed by atoms with Crippen molar-refractivity contribution in [3.8, 4) is 0 Å². The molecule has 0 N–H and O–H groups in total. The van der Waals surface area contributed by atoms with E-state index in [2.05, 4.69) is 4.98 Å². The van der Waals surface area contributed by atoms with E-state index in [-0.39, 0.29) is 23.5 Å². The minimum Gasteiger partial charge on any atom is -0.292 e. The predicted molar refractivity (Wildman–Crippen MR) is 58.6 cm³/mol. The fourth-order valence-corrected chi connectivity index (χ4v) is 1.47. The highest BCUT2D eigenvalue weighted by atomic mass is 19.1. The van der Waals surface area contributed by atoms with Crippen molar-refractivity contribution in [3.05, 3.63) is 65.5 Å². The minimum atomic E-state index is -0.587. The van der Waals surface area contributed by atoms with Gasteiger partial charge in [0.2, 0.25) is 0 Å². The monoisotopic (exact) mass is 233 g/mol. The number of rotatable bonds is 3. The van der Waals surface area contributed by atoms with Gasteiger partial charge in [-0.25, -0.2) is 8.78 Å². The number of halogens is 2. The summed E-state index contributed by atoms with van der Waals surface area (Å²) in [6.45, 7) is 0. The van der Waals surface area contributed by atoms with Crippen molar-refractivity contribution in [2.75, 3.05) is 0 Å². The van der Waals surface area contributed by atoms with E-state index in [1.807, 2.05) is 0 Å². The summed E-state index contributed by atoms with van der Waals surface area (Å²) in [6, 6.07) is 7.94. The maximum atomic E-state index is 13.3. The van der Waals surface area contributed by atoms with Gasteiger partial charge in [0, 0.05) is 12.6 Å². The molecule has 1 aromatic heterocycles. The summed E-state index contributed by atoms with van der Waals surface area (Å²) in [5.74, 6) is -1.49. The number of pyridine rings is 1. The molecule has 1 heterocycles. The summed E-state index contributed by atoms with van der Waals surface area (Å²) in [7, 11) is 0. The number of Topliss-reactive ketones (excluding diaryl/α,β-unsaturated/α-hetero) is 1. The number of aromatic nitrogens is 1. The van der Waals surface area contributed by atoms with E-state index < -0.39 is 11.6 Å². The summed E-state index contributed by atoms with van der Waals surface area (Å²) in [5, 5.41) is 0. The molecule has 0 spiro atoms. The standard InChI is InChI=1S/C13H9F2NO/c14-10-4-5-11(15)9(7-10)8-13(17)12-3-1-2-6-16-12/h1-7H,8H2. The first-order valence-electron chi connectivity index (χ1n) is 5.05. The van der Waals surface area contributed by atoms with Gasteiger partial charge in [0.25, 0.3) is 0 Å². The van der Waals surface area contributed by atoms with Crippen LogP contribution in [0.1, 0.15) is 16.1 Å². The van der Waals surface area contributed by atoms with Gasteiger partial charge in [0.1, 0.15) is 17.3 Å². The normalized spacial score (nSPS) is 10.2. The first-order valence-corrected chi connectivity index (χ1v) is 5.05. The number of nitrogens with zero attached hydrogens (tertiary/aromatic N) is 1. The Labute approximate surface area is 96.9 Å². The van der Waals surface area contributed by atoms with Crippen LogP contribution in [0.15, 0.2) is 42.6 Å². The van der Waals surface area contributed by atoms with Crippen molar-refractivity contribution in [3.63, 3.8) is 0 Å². The molecular weight excluding hydrogens is 224 g/mol. The third kappa shape index (κ3) is 2.72. The summed E-state index contributed by atoms with van der Waals surface area (Å²) < 4.78 is 26.2. The number of benzene rings is 1. The first-order chi connectivity index (χ1) is 8.16. The van der Waals surface area contributed by atoms with Crippen molar-refractivity contribution < 1.29 is 13.6 Å². The number of ketones is 1. The van der Waals surface area contributed by atoms with Crippen LogP contribution in [-0.2, 0) is 6.42 Å². The molecule has 0 aliphatic carbocycles. The highest BCUT2D eigenvalue weighted by molar-refractivity contribution is 5.95. The molecule has 0 aliphatic rings. The van der Waals surface area contributed by atoms with Gasteiger partial charge in [-0.05, 0) is 35.9 Å². The zero-order chi connectivity index (χ0) is 12.3. The highest BCUT2D eigenvalue weighted by Crippen LogP contribution is 2.12. The van der Waals surface area contributed by atoms with Crippen molar-refractivity contribution in [1.29, 1.82) is 0 Å². The second-order valence-corrected chi connectivity index (χ2v) is 3.55. The van der Waals surface area contributed by atoms with E-state index >= 15 is 0 Å². The zero-order valence-corrected chi connectivity index (χ0v) is 8.86. The van der Waals surface area contributed by atoms with E-state index in [1.54, 1.807) is 18.2 Å². The Morgan fingerprint density at radius 2 is 2.00 bits per heavy atom. The average molecular weight is 233 g/mol. The molecule has 1 aromatic carbocycles. The molecule has 4 heteroatoms. The van der Waals surface area contributed by atoms with Gasteiger partial charge in [-0.2, -0.15) is 0 Å². The van der Waals surface area contributed by atoms with Gasteiger partial charge in [-0.15, -0.1) is 0 Å². The number of carbonyl (C=O) groups excluding carboxylic acids is 1. The van der Waals surface area contributed by atoms with Crippen LogP contribution >= 0.6 is 0 Å². The second kappa shape index (κ2) is 4.82. The molecule has 0 atom stereocenters. The number of hydrogen-bond acceptors (Lipinski definition) is 2. The van der Waals surface area contributed by atoms with E-state index in [0.29, 0.717) is 0 Å². The number of carbonyl (C=O) groups is 1. The smallest absolute Gasteiger partial charge is 0.185 e. The molecule has 2 rings (SSSR count). The van der Waals surface area contributed by atoms with Crippen LogP contribution < -0.4 is 0 Å². The molecule has 0 fully saturated rings. The van der Waals surface area contributed by atoms with Crippen molar-refractivity contribution in [2.24, 2.45) is 0 Å². The van der Waals surface area contributed by atoms with E-state index in [1.165, 1.54) is 6.20 Å². The van der Waals surface area contributed by atoms with Crippen molar-refractivity contribution in [2.45, 2.75) is 6.42 Å². The van der Waals surface area contributed by atoms with Gasteiger partial charge in [-0.1, -0.05) is 6.07 Å². The van der Waals surface area contributed by atoms with Crippen LogP contribution in [0, 0.1) is 11.6 Å². The van der Waals surface area contributed by atoms with Gasteiger partial charge >= 0.3 is 0 Å². The molecule has 0 radical (unpaired) electrons. The topological polar surface area (TPSA) is 30.0 Å². The Balaban J connectivity index is 2.22. The highest BCUT2D eigenvalue weighted by Gasteiger charge is 2.11. The third-order valence-corrected chi connectivity index (χ3v) is 2.31. The SMILES string of the molecule is O=C(Cc1cc(F)ccc1F)c1ccccn1. The molecule has 0 unspecified atom stereocenters. The molecule has 2 aromatic rings. The van der Waals surface area contributed by atoms with Crippen molar-refractivity contribution in [1.82, 2.24) is 4.98 Å². The average Bonchev–Trinajstić information content (AvgIpc) is 2.35. The lowest BCUT2D eigenvalue weighted by Gasteiger charge is -2.02. The molecule has 86 valence electrons. The Morgan fingerprint density at radius 1 is 1.18 bits per heavy atom. The largest absolute Gasteiger partial charge is 0.292 e. The fourth-order valence-electron chi connectivity index (χ4n) is 1.47. The first kappa shape index (κ1) is 11.4. The molecule has 17 heavy (non-hydrogen) atoms. The number of hydrogen-bond donors (Lipinski definition) is 0. The van der Waals surface area contributed by atoms with Crippen LogP contribution in [0.25, 0.3) is 0 Å². The summed E-state index contributed by atoms with van der Waals surface area (Å²) >= 11 is 0. The summed E-state index contributed by atoms with van der Waals surface area (Å²) in [5.41, 5.74) is 0.289. The Hall–Kier alpha value is -2.10. The molecule has 2 nitrogen and oxygen atoms in total. The molecule has 0 bridgehead atoms. The minimum absolute atomic E-state index is 0.0423. The maximum Gasteiger partial charge on any atom is 0.185 e. The molecular formula is C13H9F2NO.